The first-order chi connectivity index (χ1) is 8.24. The van der Waals surface area contributed by atoms with Gasteiger partial charge in [-0.2, -0.15) is 0 Å². The lowest BCUT2D eigenvalue weighted by molar-refractivity contribution is 0.237. The Bertz CT molecular complexity index is 331. The fourth-order valence-corrected chi connectivity index (χ4v) is 2.75. The van der Waals surface area contributed by atoms with Gasteiger partial charge in [-0.15, -0.1) is 0 Å². The Morgan fingerprint density at radius 2 is 2.12 bits per heavy atom. The number of nitrogens with zero attached hydrogens (tertiary/aromatic N) is 1. The molecule has 0 spiro atoms. The highest BCUT2D eigenvalue weighted by molar-refractivity contribution is 9.10. The number of benzene rings is 1. The van der Waals surface area contributed by atoms with E-state index in [-0.39, 0.29) is 0 Å². The molecule has 2 nitrogen and oxygen atoms in total. The van der Waals surface area contributed by atoms with E-state index in [0.717, 1.165) is 16.9 Å². The predicted octanol–water partition coefficient (Wildman–Crippen LogP) is 2.88. The van der Waals surface area contributed by atoms with Gasteiger partial charge in [-0.25, -0.2) is 0 Å². The molecule has 1 saturated heterocycles. The van der Waals surface area contributed by atoms with Crippen LogP contribution in [0.2, 0.25) is 0 Å². The molecule has 0 aromatic heterocycles. The van der Waals surface area contributed by atoms with Crippen LogP contribution in [-0.4, -0.2) is 31.6 Å². The van der Waals surface area contributed by atoms with Crippen molar-refractivity contribution in [3.63, 3.8) is 0 Å². The Labute approximate surface area is 113 Å². The van der Waals surface area contributed by atoms with E-state index in [1.165, 1.54) is 38.0 Å². The minimum atomic E-state index is 0.823. The van der Waals surface area contributed by atoms with Gasteiger partial charge in [-0.05, 0) is 56.6 Å². The molecule has 1 fully saturated rings. The van der Waals surface area contributed by atoms with Gasteiger partial charge in [0.1, 0.15) is 0 Å². The van der Waals surface area contributed by atoms with Crippen LogP contribution in [0.3, 0.4) is 0 Å². The molecule has 1 aliphatic heterocycles. The van der Waals surface area contributed by atoms with Crippen LogP contribution in [-0.2, 0) is 6.54 Å². The van der Waals surface area contributed by atoms with Crippen LogP contribution < -0.4 is 5.32 Å². The molecule has 0 bridgehead atoms. The molecule has 0 aliphatic carbocycles. The Kier molecular flexibility index (Phi) is 5.01. The normalized spacial score (nSPS) is 20.8. The summed E-state index contributed by atoms with van der Waals surface area (Å²) in [7, 11) is 2.22. The number of rotatable bonds is 4. The molecule has 1 unspecified atom stereocenters. The monoisotopic (exact) mass is 296 g/mol. The highest BCUT2D eigenvalue weighted by Crippen LogP contribution is 2.14. The Hall–Kier alpha value is -0.380. The third kappa shape index (κ3) is 4.41. The lowest BCUT2D eigenvalue weighted by atomic mass is 9.99. The van der Waals surface area contributed by atoms with E-state index in [0.29, 0.717) is 0 Å². The summed E-state index contributed by atoms with van der Waals surface area (Å²) in [5, 5.41) is 3.48. The maximum atomic E-state index is 3.48. The van der Waals surface area contributed by atoms with Crippen LogP contribution in [0, 0.1) is 5.92 Å². The summed E-state index contributed by atoms with van der Waals surface area (Å²) in [5.41, 5.74) is 1.39. The van der Waals surface area contributed by atoms with E-state index >= 15 is 0 Å². The molecule has 0 amide bonds. The van der Waals surface area contributed by atoms with Gasteiger partial charge >= 0.3 is 0 Å². The molecule has 1 atom stereocenters. The van der Waals surface area contributed by atoms with Gasteiger partial charge in [0.25, 0.3) is 0 Å². The molecule has 1 heterocycles. The fourth-order valence-electron chi connectivity index (χ4n) is 2.49. The molecule has 1 aromatic rings. The van der Waals surface area contributed by atoms with Crippen molar-refractivity contribution in [2.24, 2.45) is 5.92 Å². The summed E-state index contributed by atoms with van der Waals surface area (Å²) < 4.78 is 1.15. The molecule has 1 aliphatic rings. The lowest BCUT2D eigenvalue weighted by Crippen LogP contribution is -2.36. The first kappa shape index (κ1) is 13.1. The highest BCUT2D eigenvalue weighted by Gasteiger charge is 2.14. The van der Waals surface area contributed by atoms with Crippen LogP contribution >= 0.6 is 15.9 Å². The van der Waals surface area contributed by atoms with Crippen molar-refractivity contribution in [1.82, 2.24) is 10.2 Å². The van der Waals surface area contributed by atoms with Gasteiger partial charge < -0.3 is 10.2 Å². The van der Waals surface area contributed by atoms with Crippen molar-refractivity contribution in [2.75, 3.05) is 26.7 Å². The zero-order chi connectivity index (χ0) is 12.1. The number of halogens is 1. The van der Waals surface area contributed by atoms with Gasteiger partial charge in [0.15, 0.2) is 0 Å². The Morgan fingerprint density at radius 3 is 2.76 bits per heavy atom. The van der Waals surface area contributed by atoms with Crippen LogP contribution in [0.4, 0.5) is 0 Å². The van der Waals surface area contributed by atoms with Gasteiger partial charge in [0.05, 0.1) is 0 Å². The van der Waals surface area contributed by atoms with Crippen LogP contribution in [0.15, 0.2) is 28.7 Å². The topological polar surface area (TPSA) is 15.3 Å². The molecule has 17 heavy (non-hydrogen) atoms. The van der Waals surface area contributed by atoms with Crippen molar-refractivity contribution in [2.45, 2.75) is 19.4 Å². The molecular formula is C14H21BrN2. The standard InChI is InChI=1S/C14H21BrN2/c1-17(11-13-3-2-8-16-9-13)10-12-4-6-14(15)7-5-12/h4-7,13,16H,2-3,8-11H2,1H3. The lowest BCUT2D eigenvalue weighted by Gasteiger charge is -2.27. The largest absolute Gasteiger partial charge is 0.316 e. The molecule has 0 radical (unpaired) electrons. The van der Waals surface area contributed by atoms with Crippen LogP contribution in [0.5, 0.6) is 0 Å². The fraction of sp³-hybridized carbons (Fsp3) is 0.571. The molecule has 3 heteroatoms. The maximum Gasteiger partial charge on any atom is 0.0230 e. The number of hydrogen-bond donors (Lipinski definition) is 1. The Balaban J connectivity index is 1.79. The minimum absolute atomic E-state index is 0.823. The molecule has 94 valence electrons. The van der Waals surface area contributed by atoms with E-state index in [1.807, 2.05) is 0 Å². The zero-order valence-corrected chi connectivity index (χ0v) is 12.0. The van der Waals surface area contributed by atoms with E-state index in [1.54, 1.807) is 0 Å². The van der Waals surface area contributed by atoms with E-state index in [9.17, 15) is 0 Å². The first-order valence-electron chi connectivity index (χ1n) is 6.38. The number of nitrogens with one attached hydrogen (secondary N) is 1. The van der Waals surface area contributed by atoms with E-state index in [4.69, 9.17) is 0 Å². The third-order valence-corrected chi connectivity index (χ3v) is 3.86. The first-order valence-corrected chi connectivity index (χ1v) is 7.17. The second-order valence-corrected chi connectivity index (χ2v) is 5.95. The Morgan fingerprint density at radius 1 is 1.35 bits per heavy atom. The van der Waals surface area contributed by atoms with Crippen molar-refractivity contribution < 1.29 is 0 Å². The maximum absolute atomic E-state index is 3.48. The molecular weight excluding hydrogens is 276 g/mol. The SMILES string of the molecule is CN(Cc1ccc(Br)cc1)CC1CCCNC1. The summed E-state index contributed by atoms with van der Waals surface area (Å²) >= 11 is 3.47. The molecule has 1 aromatic carbocycles. The van der Waals surface area contributed by atoms with E-state index < -0.39 is 0 Å². The smallest absolute Gasteiger partial charge is 0.0230 e. The van der Waals surface area contributed by atoms with Crippen LogP contribution in [0.1, 0.15) is 18.4 Å². The molecule has 0 saturated carbocycles. The highest BCUT2D eigenvalue weighted by atomic mass is 79.9. The molecule has 1 N–H and O–H groups in total. The van der Waals surface area contributed by atoms with Crippen molar-refractivity contribution in [3.05, 3.63) is 34.3 Å². The number of hydrogen-bond acceptors (Lipinski definition) is 2. The van der Waals surface area contributed by atoms with Crippen molar-refractivity contribution in [3.8, 4) is 0 Å². The van der Waals surface area contributed by atoms with Gasteiger partial charge in [-0.1, -0.05) is 28.1 Å². The van der Waals surface area contributed by atoms with Gasteiger partial charge in [-0.3, -0.25) is 0 Å². The van der Waals surface area contributed by atoms with Crippen molar-refractivity contribution in [1.29, 1.82) is 0 Å². The number of piperidine rings is 1. The second-order valence-electron chi connectivity index (χ2n) is 5.04. The summed E-state index contributed by atoms with van der Waals surface area (Å²) in [6, 6.07) is 8.62. The summed E-state index contributed by atoms with van der Waals surface area (Å²) in [4.78, 5) is 2.43. The average molecular weight is 297 g/mol. The molecule has 2 rings (SSSR count). The van der Waals surface area contributed by atoms with Gasteiger partial charge in [0, 0.05) is 17.6 Å². The van der Waals surface area contributed by atoms with E-state index in [2.05, 4.69) is 57.5 Å². The minimum Gasteiger partial charge on any atom is -0.316 e. The summed E-state index contributed by atoms with van der Waals surface area (Å²) in [6.45, 7) is 4.63. The van der Waals surface area contributed by atoms with Crippen molar-refractivity contribution >= 4 is 15.9 Å². The zero-order valence-electron chi connectivity index (χ0n) is 10.5. The van der Waals surface area contributed by atoms with Gasteiger partial charge in [0.2, 0.25) is 0 Å². The third-order valence-electron chi connectivity index (χ3n) is 3.33. The second kappa shape index (κ2) is 6.53. The average Bonchev–Trinajstić information content (AvgIpc) is 2.33. The van der Waals surface area contributed by atoms with Crippen LogP contribution in [0.25, 0.3) is 0 Å². The summed E-state index contributed by atoms with van der Waals surface area (Å²) in [5.74, 6) is 0.823. The predicted molar refractivity (Wildman–Crippen MR) is 76.1 cm³/mol. The quantitative estimate of drug-likeness (QED) is 0.919. The summed E-state index contributed by atoms with van der Waals surface area (Å²) in [6.07, 6.45) is 2.70.